The molecule has 28 heavy (non-hydrogen) atoms. The molecule has 8 heteroatoms. The lowest BCUT2D eigenvalue weighted by atomic mass is 10.1. The van der Waals surface area contributed by atoms with Gasteiger partial charge in [-0.05, 0) is 43.8 Å². The highest BCUT2D eigenvalue weighted by Crippen LogP contribution is 2.28. The molecule has 3 aromatic heterocycles. The second-order valence-corrected chi connectivity index (χ2v) is 7.60. The molecule has 0 saturated carbocycles. The van der Waals surface area contributed by atoms with E-state index in [0.29, 0.717) is 18.3 Å². The molecule has 0 N–H and O–H groups in total. The summed E-state index contributed by atoms with van der Waals surface area (Å²) >= 11 is 1.66. The minimum absolute atomic E-state index is 0.392. The number of hydrogen-bond donors (Lipinski definition) is 0. The minimum atomic E-state index is -4.57. The predicted molar refractivity (Wildman–Crippen MR) is 102 cm³/mol. The average molecular weight is 408 g/mol. The summed E-state index contributed by atoms with van der Waals surface area (Å²) in [6, 6.07) is 7.31. The molecule has 0 amide bonds. The Bertz CT molecular complexity index is 1050. The van der Waals surface area contributed by atoms with Gasteiger partial charge in [0.25, 0.3) is 5.56 Å². The van der Waals surface area contributed by atoms with Crippen LogP contribution in [-0.2, 0) is 25.7 Å². The van der Waals surface area contributed by atoms with Gasteiger partial charge >= 0.3 is 6.18 Å². The average Bonchev–Trinajstić information content (AvgIpc) is 3.22. The molecule has 0 aliphatic carbocycles. The fraction of sp³-hybridized carbons (Fsp3) is 0.300. The standard InChI is InChI=1S/C20H19F3N2O2S/c1-13-10-17(14(2)25(13)8-7-16-4-3-9-28-16)18(26)12-24-11-15(20(21,22)23)5-6-19(24)27/h3-6,9-11H,7-8,12H2,1-2H3. The highest BCUT2D eigenvalue weighted by molar-refractivity contribution is 7.09. The third-order valence-electron chi connectivity index (χ3n) is 4.66. The van der Waals surface area contributed by atoms with Gasteiger partial charge in [-0.15, -0.1) is 11.3 Å². The summed E-state index contributed by atoms with van der Waals surface area (Å²) in [6.07, 6.45) is -3.05. The smallest absolute Gasteiger partial charge is 0.348 e. The highest BCUT2D eigenvalue weighted by Gasteiger charge is 2.31. The van der Waals surface area contributed by atoms with Gasteiger partial charge in [0.1, 0.15) is 0 Å². The van der Waals surface area contributed by atoms with Crippen LogP contribution in [-0.4, -0.2) is 14.9 Å². The summed E-state index contributed by atoms with van der Waals surface area (Å²) in [5.41, 5.74) is 0.468. The molecule has 0 aromatic carbocycles. The second-order valence-electron chi connectivity index (χ2n) is 6.57. The number of carbonyl (C=O) groups is 1. The second kappa shape index (κ2) is 7.79. The van der Waals surface area contributed by atoms with Crippen LogP contribution < -0.4 is 5.56 Å². The lowest BCUT2D eigenvalue weighted by Crippen LogP contribution is -2.25. The molecule has 4 nitrogen and oxygen atoms in total. The van der Waals surface area contributed by atoms with Gasteiger partial charge in [-0.1, -0.05) is 6.07 Å². The third-order valence-corrected chi connectivity index (χ3v) is 5.60. The molecular formula is C20H19F3N2O2S. The van der Waals surface area contributed by atoms with E-state index in [1.165, 1.54) is 4.88 Å². The predicted octanol–water partition coefficient (Wildman–Crippen LogP) is 4.47. The van der Waals surface area contributed by atoms with E-state index in [1.807, 2.05) is 35.9 Å². The third kappa shape index (κ3) is 4.27. The van der Waals surface area contributed by atoms with Gasteiger partial charge in [0.15, 0.2) is 5.78 Å². The van der Waals surface area contributed by atoms with Crippen molar-refractivity contribution < 1.29 is 18.0 Å². The van der Waals surface area contributed by atoms with Gasteiger partial charge in [-0.3, -0.25) is 9.59 Å². The fourth-order valence-corrected chi connectivity index (χ4v) is 3.87. The number of nitrogens with zero attached hydrogens (tertiary/aromatic N) is 2. The fourth-order valence-electron chi connectivity index (χ4n) is 3.17. The van der Waals surface area contributed by atoms with E-state index in [0.717, 1.165) is 34.5 Å². The Morgan fingerprint density at radius 2 is 1.93 bits per heavy atom. The molecular weight excluding hydrogens is 389 g/mol. The highest BCUT2D eigenvalue weighted by atomic mass is 32.1. The molecule has 3 heterocycles. The summed E-state index contributed by atoms with van der Waals surface area (Å²) in [5.74, 6) is -0.392. The van der Waals surface area contributed by atoms with Crippen molar-refractivity contribution in [3.63, 3.8) is 0 Å². The van der Waals surface area contributed by atoms with Crippen LogP contribution in [0.15, 0.2) is 46.7 Å². The van der Waals surface area contributed by atoms with Crippen molar-refractivity contribution in [1.82, 2.24) is 9.13 Å². The topological polar surface area (TPSA) is 44.0 Å². The molecule has 0 unspecified atom stereocenters. The summed E-state index contributed by atoms with van der Waals surface area (Å²) in [7, 11) is 0. The van der Waals surface area contributed by atoms with Crippen LogP contribution >= 0.6 is 11.3 Å². The van der Waals surface area contributed by atoms with Gasteiger partial charge in [-0.2, -0.15) is 13.2 Å². The van der Waals surface area contributed by atoms with Crippen LogP contribution in [0, 0.1) is 13.8 Å². The monoisotopic (exact) mass is 408 g/mol. The van der Waals surface area contributed by atoms with Crippen LogP contribution in [0.2, 0.25) is 0 Å². The van der Waals surface area contributed by atoms with Crippen molar-refractivity contribution in [2.24, 2.45) is 0 Å². The van der Waals surface area contributed by atoms with Crippen LogP contribution in [0.4, 0.5) is 13.2 Å². The number of alkyl halides is 3. The van der Waals surface area contributed by atoms with Crippen LogP contribution in [0.25, 0.3) is 0 Å². The van der Waals surface area contributed by atoms with Crippen LogP contribution in [0.5, 0.6) is 0 Å². The van der Waals surface area contributed by atoms with Crippen molar-refractivity contribution in [2.75, 3.05) is 0 Å². The lowest BCUT2D eigenvalue weighted by Gasteiger charge is -2.11. The number of ketones is 1. The minimum Gasteiger partial charge on any atom is -0.348 e. The number of Topliss-reactive ketones (excluding diaryl/α,β-unsaturated/α-hetero) is 1. The Morgan fingerprint density at radius 3 is 2.57 bits per heavy atom. The zero-order chi connectivity index (χ0) is 20.5. The first-order chi connectivity index (χ1) is 13.2. The molecule has 0 fully saturated rings. The van der Waals surface area contributed by atoms with E-state index in [9.17, 15) is 22.8 Å². The van der Waals surface area contributed by atoms with E-state index < -0.39 is 29.6 Å². The van der Waals surface area contributed by atoms with E-state index in [2.05, 4.69) is 0 Å². The van der Waals surface area contributed by atoms with Crippen molar-refractivity contribution >= 4 is 17.1 Å². The van der Waals surface area contributed by atoms with E-state index in [1.54, 1.807) is 17.4 Å². The Balaban J connectivity index is 1.82. The van der Waals surface area contributed by atoms with Gasteiger partial charge in [0.2, 0.25) is 0 Å². The Labute approximate surface area is 163 Å². The number of hydrogen-bond acceptors (Lipinski definition) is 3. The maximum atomic E-state index is 12.9. The number of aromatic nitrogens is 2. The van der Waals surface area contributed by atoms with Crippen molar-refractivity contribution in [1.29, 1.82) is 0 Å². The Hall–Kier alpha value is -2.61. The summed E-state index contributed by atoms with van der Waals surface area (Å²) in [4.78, 5) is 25.8. The first-order valence-electron chi connectivity index (χ1n) is 8.67. The number of carbonyl (C=O) groups excluding carboxylic acids is 1. The molecule has 3 rings (SSSR count). The number of rotatable bonds is 6. The first-order valence-corrected chi connectivity index (χ1v) is 9.55. The quantitative estimate of drug-likeness (QED) is 0.565. The normalized spacial score (nSPS) is 11.8. The first kappa shape index (κ1) is 20.1. The Kier molecular flexibility index (Phi) is 5.60. The largest absolute Gasteiger partial charge is 0.417 e. The molecule has 0 aliphatic heterocycles. The van der Waals surface area contributed by atoms with Gasteiger partial charge in [0, 0.05) is 40.6 Å². The van der Waals surface area contributed by atoms with Gasteiger partial charge < -0.3 is 9.13 Å². The van der Waals surface area contributed by atoms with E-state index in [-0.39, 0.29) is 0 Å². The summed E-state index contributed by atoms with van der Waals surface area (Å²) < 4.78 is 41.5. The molecule has 0 saturated heterocycles. The molecule has 0 bridgehead atoms. The number of thiophene rings is 1. The van der Waals surface area contributed by atoms with Crippen LogP contribution in [0.3, 0.4) is 0 Å². The van der Waals surface area contributed by atoms with E-state index in [4.69, 9.17) is 0 Å². The summed E-state index contributed by atoms with van der Waals surface area (Å²) in [6.45, 7) is 3.96. The van der Waals surface area contributed by atoms with Crippen molar-refractivity contribution in [2.45, 2.75) is 39.5 Å². The maximum Gasteiger partial charge on any atom is 0.417 e. The van der Waals surface area contributed by atoms with Gasteiger partial charge in [0.05, 0.1) is 12.1 Å². The number of aryl methyl sites for hydroxylation is 2. The van der Waals surface area contributed by atoms with Crippen molar-refractivity contribution in [3.8, 4) is 0 Å². The Morgan fingerprint density at radius 1 is 1.18 bits per heavy atom. The van der Waals surface area contributed by atoms with E-state index >= 15 is 0 Å². The summed E-state index contributed by atoms with van der Waals surface area (Å²) in [5, 5.41) is 2.01. The molecule has 0 spiro atoms. The van der Waals surface area contributed by atoms with Gasteiger partial charge in [-0.25, -0.2) is 0 Å². The molecule has 0 atom stereocenters. The zero-order valence-corrected chi connectivity index (χ0v) is 16.2. The number of halogens is 3. The molecule has 0 aliphatic rings. The molecule has 0 radical (unpaired) electrons. The SMILES string of the molecule is Cc1cc(C(=O)Cn2cc(C(F)(F)F)ccc2=O)c(C)n1CCc1cccs1. The van der Waals surface area contributed by atoms with Crippen molar-refractivity contribution in [3.05, 3.63) is 79.7 Å². The van der Waals surface area contributed by atoms with Crippen LogP contribution in [0.1, 0.15) is 32.2 Å². The molecule has 3 aromatic rings. The molecule has 148 valence electrons. The lowest BCUT2D eigenvalue weighted by molar-refractivity contribution is -0.138. The number of pyridine rings is 1. The maximum absolute atomic E-state index is 12.9. The zero-order valence-electron chi connectivity index (χ0n) is 15.4.